The van der Waals surface area contributed by atoms with Crippen molar-refractivity contribution in [2.45, 2.75) is 39.0 Å². The standard InChI is InChI=1S/C14H23N3O3/c1-2-16(9-3-8-15)14(20)17-10-6-12(7-11-17)4-5-13(18)19/h12H,2-7,9-11H2,1H3,(H,18,19). The van der Waals surface area contributed by atoms with E-state index in [1.807, 2.05) is 11.8 Å². The molecule has 0 atom stereocenters. The number of urea groups is 1. The molecule has 0 unspecified atom stereocenters. The van der Waals surface area contributed by atoms with Crippen molar-refractivity contribution in [3.63, 3.8) is 0 Å². The number of rotatable bonds is 6. The van der Waals surface area contributed by atoms with Gasteiger partial charge in [0.1, 0.15) is 0 Å². The zero-order chi connectivity index (χ0) is 15.0. The minimum atomic E-state index is -0.753. The molecule has 2 amide bonds. The highest BCUT2D eigenvalue weighted by Crippen LogP contribution is 2.22. The molecule has 1 N–H and O–H groups in total. The molecule has 0 aromatic heterocycles. The Bertz CT molecular complexity index is 370. The molecule has 0 aromatic rings. The van der Waals surface area contributed by atoms with Crippen LogP contribution in [-0.2, 0) is 4.79 Å². The summed E-state index contributed by atoms with van der Waals surface area (Å²) in [4.78, 5) is 26.3. The van der Waals surface area contributed by atoms with Gasteiger partial charge in [-0.15, -0.1) is 0 Å². The molecule has 1 saturated heterocycles. The van der Waals surface area contributed by atoms with Crippen molar-refractivity contribution in [1.82, 2.24) is 9.80 Å². The molecule has 6 heteroatoms. The first-order valence-electron chi connectivity index (χ1n) is 7.21. The van der Waals surface area contributed by atoms with E-state index in [-0.39, 0.29) is 12.5 Å². The van der Waals surface area contributed by atoms with Crippen molar-refractivity contribution in [3.05, 3.63) is 0 Å². The fraction of sp³-hybridized carbons (Fsp3) is 0.786. The van der Waals surface area contributed by atoms with Gasteiger partial charge in [-0.1, -0.05) is 0 Å². The molecule has 0 aromatic carbocycles. The minimum Gasteiger partial charge on any atom is -0.481 e. The maximum absolute atomic E-state index is 12.3. The Hall–Kier alpha value is -1.77. The minimum absolute atomic E-state index is 0.000524. The Morgan fingerprint density at radius 2 is 2.05 bits per heavy atom. The second kappa shape index (κ2) is 8.41. The molecule has 1 fully saturated rings. The highest BCUT2D eigenvalue weighted by molar-refractivity contribution is 5.74. The summed E-state index contributed by atoms with van der Waals surface area (Å²) in [5.41, 5.74) is 0. The van der Waals surface area contributed by atoms with Crippen molar-refractivity contribution < 1.29 is 14.7 Å². The van der Waals surface area contributed by atoms with Gasteiger partial charge < -0.3 is 14.9 Å². The molecule has 112 valence electrons. The number of carbonyl (C=O) groups is 2. The zero-order valence-electron chi connectivity index (χ0n) is 12.0. The summed E-state index contributed by atoms with van der Waals surface area (Å²) < 4.78 is 0. The number of carboxylic acids is 1. The Balaban J connectivity index is 2.38. The van der Waals surface area contributed by atoms with Gasteiger partial charge in [0.2, 0.25) is 0 Å². The van der Waals surface area contributed by atoms with E-state index in [1.165, 1.54) is 0 Å². The monoisotopic (exact) mass is 281 g/mol. The highest BCUT2D eigenvalue weighted by atomic mass is 16.4. The number of amides is 2. The smallest absolute Gasteiger partial charge is 0.320 e. The van der Waals surface area contributed by atoms with Crippen LogP contribution in [0.3, 0.4) is 0 Å². The van der Waals surface area contributed by atoms with E-state index in [0.29, 0.717) is 44.9 Å². The number of hydrogen-bond acceptors (Lipinski definition) is 3. The van der Waals surface area contributed by atoms with E-state index < -0.39 is 5.97 Å². The lowest BCUT2D eigenvalue weighted by atomic mass is 9.92. The average molecular weight is 281 g/mol. The van der Waals surface area contributed by atoms with Crippen LogP contribution in [0.1, 0.15) is 39.0 Å². The van der Waals surface area contributed by atoms with Crippen LogP contribution in [0, 0.1) is 17.2 Å². The Morgan fingerprint density at radius 3 is 2.55 bits per heavy atom. The molecule has 0 aliphatic carbocycles. The molecular weight excluding hydrogens is 258 g/mol. The van der Waals surface area contributed by atoms with Crippen LogP contribution in [-0.4, -0.2) is 53.1 Å². The van der Waals surface area contributed by atoms with E-state index in [4.69, 9.17) is 10.4 Å². The number of carbonyl (C=O) groups excluding carboxylic acids is 1. The molecule has 0 saturated carbocycles. The summed E-state index contributed by atoms with van der Waals surface area (Å²) in [5.74, 6) is -0.346. The maximum Gasteiger partial charge on any atom is 0.320 e. The third-order valence-electron chi connectivity index (χ3n) is 3.80. The van der Waals surface area contributed by atoms with Crippen molar-refractivity contribution in [3.8, 4) is 6.07 Å². The molecule has 6 nitrogen and oxygen atoms in total. The lowest BCUT2D eigenvalue weighted by Gasteiger charge is -2.35. The summed E-state index contributed by atoms with van der Waals surface area (Å²) in [6.07, 6.45) is 3.00. The summed E-state index contributed by atoms with van der Waals surface area (Å²) in [5, 5.41) is 17.3. The Morgan fingerprint density at radius 1 is 1.40 bits per heavy atom. The second-order valence-electron chi connectivity index (χ2n) is 5.13. The van der Waals surface area contributed by atoms with E-state index in [9.17, 15) is 9.59 Å². The first-order chi connectivity index (χ1) is 9.58. The van der Waals surface area contributed by atoms with Gasteiger partial charge in [-0.05, 0) is 32.1 Å². The number of aliphatic carboxylic acids is 1. The molecule has 1 rings (SSSR count). The van der Waals surface area contributed by atoms with Crippen LogP contribution in [0.4, 0.5) is 4.79 Å². The zero-order valence-corrected chi connectivity index (χ0v) is 12.0. The fourth-order valence-electron chi connectivity index (χ4n) is 2.51. The van der Waals surface area contributed by atoms with E-state index in [0.717, 1.165) is 12.8 Å². The lowest BCUT2D eigenvalue weighted by Crippen LogP contribution is -2.47. The summed E-state index contributed by atoms with van der Waals surface area (Å²) in [7, 11) is 0. The van der Waals surface area contributed by atoms with Crippen molar-refractivity contribution in [1.29, 1.82) is 5.26 Å². The molecule has 1 aliphatic heterocycles. The fourth-order valence-corrected chi connectivity index (χ4v) is 2.51. The van der Waals surface area contributed by atoms with Crippen LogP contribution in [0.15, 0.2) is 0 Å². The quantitative estimate of drug-likeness (QED) is 0.806. The Kier molecular flexibility index (Phi) is 6.85. The summed E-state index contributed by atoms with van der Waals surface area (Å²) >= 11 is 0. The largest absolute Gasteiger partial charge is 0.481 e. The van der Waals surface area contributed by atoms with Gasteiger partial charge in [-0.2, -0.15) is 5.26 Å². The molecular formula is C14H23N3O3. The molecule has 0 bridgehead atoms. The van der Waals surface area contributed by atoms with Gasteiger partial charge >= 0.3 is 12.0 Å². The number of carboxylic acid groups (broad SMARTS) is 1. The number of likely N-dealkylation sites (tertiary alicyclic amines) is 1. The highest BCUT2D eigenvalue weighted by Gasteiger charge is 2.25. The van der Waals surface area contributed by atoms with E-state index in [2.05, 4.69) is 6.07 Å². The number of nitriles is 1. The van der Waals surface area contributed by atoms with Crippen molar-refractivity contribution in [2.24, 2.45) is 5.92 Å². The van der Waals surface area contributed by atoms with Crippen LogP contribution < -0.4 is 0 Å². The number of piperidine rings is 1. The molecule has 0 radical (unpaired) electrons. The van der Waals surface area contributed by atoms with E-state index in [1.54, 1.807) is 4.90 Å². The van der Waals surface area contributed by atoms with Gasteiger partial charge in [0.25, 0.3) is 0 Å². The molecule has 1 aliphatic rings. The summed E-state index contributed by atoms with van der Waals surface area (Å²) in [6.45, 7) is 4.37. The Labute approximate surface area is 120 Å². The van der Waals surface area contributed by atoms with Gasteiger partial charge in [-0.3, -0.25) is 4.79 Å². The van der Waals surface area contributed by atoms with Crippen LogP contribution in [0.2, 0.25) is 0 Å². The second-order valence-corrected chi connectivity index (χ2v) is 5.13. The SMILES string of the molecule is CCN(CCC#N)C(=O)N1CCC(CCC(=O)O)CC1. The van der Waals surface area contributed by atoms with Crippen LogP contribution in [0.5, 0.6) is 0 Å². The van der Waals surface area contributed by atoms with Gasteiger partial charge in [0.15, 0.2) is 0 Å². The molecule has 0 spiro atoms. The number of hydrogen-bond donors (Lipinski definition) is 1. The topological polar surface area (TPSA) is 84.6 Å². The number of nitrogens with zero attached hydrogens (tertiary/aromatic N) is 3. The van der Waals surface area contributed by atoms with Gasteiger partial charge in [-0.25, -0.2) is 4.79 Å². The lowest BCUT2D eigenvalue weighted by molar-refractivity contribution is -0.137. The predicted molar refractivity (Wildman–Crippen MR) is 74.0 cm³/mol. The summed E-state index contributed by atoms with van der Waals surface area (Å²) in [6, 6.07) is 2.06. The van der Waals surface area contributed by atoms with Crippen LogP contribution >= 0.6 is 0 Å². The maximum atomic E-state index is 12.3. The third kappa shape index (κ3) is 5.08. The normalized spacial score (nSPS) is 15.7. The van der Waals surface area contributed by atoms with Gasteiger partial charge in [0.05, 0.1) is 12.5 Å². The van der Waals surface area contributed by atoms with E-state index >= 15 is 0 Å². The predicted octanol–water partition coefficient (Wildman–Crippen LogP) is 1.92. The molecule has 1 heterocycles. The first kappa shape index (κ1) is 16.3. The average Bonchev–Trinajstić information content (AvgIpc) is 2.46. The third-order valence-corrected chi connectivity index (χ3v) is 3.80. The van der Waals surface area contributed by atoms with Crippen LogP contribution in [0.25, 0.3) is 0 Å². The van der Waals surface area contributed by atoms with Crippen molar-refractivity contribution >= 4 is 12.0 Å². The first-order valence-corrected chi connectivity index (χ1v) is 7.21. The van der Waals surface area contributed by atoms with Gasteiger partial charge in [0, 0.05) is 32.6 Å². The molecule has 20 heavy (non-hydrogen) atoms. The van der Waals surface area contributed by atoms with Crippen molar-refractivity contribution in [2.75, 3.05) is 26.2 Å².